The van der Waals surface area contributed by atoms with Gasteiger partial charge in [-0.05, 0) is 54.0 Å². The molecule has 0 spiro atoms. The van der Waals surface area contributed by atoms with Crippen molar-refractivity contribution < 1.29 is 61.9 Å². The van der Waals surface area contributed by atoms with Crippen molar-refractivity contribution in [3.8, 4) is 0 Å². The number of methoxy groups -OCH3 is 1. The maximum atomic E-state index is 13.0. The van der Waals surface area contributed by atoms with E-state index in [1.54, 1.807) is 41.5 Å². The summed E-state index contributed by atoms with van der Waals surface area (Å²) in [7, 11) is 1.12. The van der Waals surface area contributed by atoms with E-state index in [0.717, 1.165) is 46.1 Å². The maximum Gasteiger partial charge on any atom is 0.414 e. The number of nitrogens with zero attached hydrogens (tertiary/aromatic N) is 1. The summed E-state index contributed by atoms with van der Waals surface area (Å²) in [6.45, 7) is 15.1. The van der Waals surface area contributed by atoms with E-state index in [1.807, 2.05) is 0 Å². The predicted molar refractivity (Wildman–Crippen MR) is 188 cm³/mol. The molecule has 17 nitrogen and oxygen atoms in total. The molecule has 0 saturated heterocycles. The maximum absolute atomic E-state index is 13.0. The number of hydrogen-bond donors (Lipinski definition) is 3. The van der Waals surface area contributed by atoms with Gasteiger partial charge in [0, 0.05) is 27.4 Å². The normalized spacial score (nSPS) is 18.2. The highest BCUT2D eigenvalue weighted by Gasteiger charge is 2.47. The van der Waals surface area contributed by atoms with Gasteiger partial charge in [0.15, 0.2) is 12.2 Å². The van der Waals surface area contributed by atoms with Gasteiger partial charge in [0.1, 0.15) is 23.9 Å². The zero-order valence-electron chi connectivity index (χ0n) is 32.4. The lowest BCUT2D eigenvalue weighted by Gasteiger charge is -2.41. The van der Waals surface area contributed by atoms with Crippen molar-refractivity contribution in [1.29, 1.82) is 0 Å². The Labute approximate surface area is 306 Å². The van der Waals surface area contributed by atoms with Gasteiger partial charge in [-0.3, -0.25) is 25.0 Å². The van der Waals surface area contributed by atoms with E-state index in [1.165, 1.54) is 19.9 Å². The van der Waals surface area contributed by atoms with Gasteiger partial charge in [0.2, 0.25) is 17.6 Å². The second-order valence-electron chi connectivity index (χ2n) is 14.1. The second-order valence-corrected chi connectivity index (χ2v) is 14.1. The van der Waals surface area contributed by atoms with Crippen LogP contribution in [0, 0.1) is 0 Å². The summed E-state index contributed by atoms with van der Waals surface area (Å²) < 4.78 is 38.8. The number of nitrogens with one attached hydrogen (secondary N) is 3. The van der Waals surface area contributed by atoms with Crippen LogP contribution >= 0.6 is 0 Å². The van der Waals surface area contributed by atoms with Gasteiger partial charge in [0.05, 0.1) is 19.2 Å². The molecule has 0 aromatic carbocycles. The van der Waals surface area contributed by atoms with Crippen molar-refractivity contribution in [3.63, 3.8) is 0 Å². The largest absolute Gasteiger partial charge is 0.478 e. The molecule has 17 heteroatoms. The van der Waals surface area contributed by atoms with Gasteiger partial charge in [-0.25, -0.2) is 19.4 Å². The zero-order valence-corrected chi connectivity index (χ0v) is 32.4. The summed E-state index contributed by atoms with van der Waals surface area (Å²) in [6.07, 6.45) is 0.906. The summed E-state index contributed by atoms with van der Waals surface area (Å²) in [5, 5.41) is 7.50. The molecule has 1 aliphatic heterocycles. The number of carbonyl (C=O) groups is 6. The van der Waals surface area contributed by atoms with Crippen LogP contribution in [0.3, 0.4) is 0 Å². The molecule has 296 valence electrons. The van der Waals surface area contributed by atoms with Gasteiger partial charge in [-0.1, -0.05) is 39.0 Å². The summed E-state index contributed by atoms with van der Waals surface area (Å²) in [5.74, 6) is -3.74. The fourth-order valence-electron chi connectivity index (χ4n) is 4.89. The number of guanidine groups is 1. The van der Waals surface area contributed by atoms with Gasteiger partial charge in [0.25, 0.3) is 0 Å². The first-order valence-corrected chi connectivity index (χ1v) is 17.4. The van der Waals surface area contributed by atoms with Crippen molar-refractivity contribution in [3.05, 3.63) is 11.8 Å². The minimum Gasteiger partial charge on any atom is -0.478 e. The topological polar surface area (TPSA) is 215 Å². The van der Waals surface area contributed by atoms with Crippen LogP contribution < -0.4 is 16.0 Å². The Balaban J connectivity index is 3.87. The number of esters is 3. The Morgan fingerprint density at radius 2 is 1.40 bits per heavy atom. The Bertz CT molecular complexity index is 1250. The third-order valence-corrected chi connectivity index (χ3v) is 6.85. The quantitative estimate of drug-likeness (QED) is 0.0672. The van der Waals surface area contributed by atoms with Crippen LogP contribution in [0.15, 0.2) is 16.8 Å². The van der Waals surface area contributed by atoms with Crippen LogP contribution in [0.1, 0.15) is 108 Å². The van der Waals surface area contributed by atoms with Gasteiger partial charge in [-0.15, -0.1) is 0 Å². The Morgan fingerprint density at radius 3 is 1.88 bits per heavy atom. The molecule has 0 bridgehead atoms. The minimum atomic E-state index is -1.36. The number of carbonyl (C=O) groups excluding carboxylic acids is 6. The van der Waals surface area contributed by atoms with Crippen molar-refractivity contribution in [2.24, 2.45) is 4.99 Å². The number of amides is 3. The van der Waals surface area contributed by atoms with E-state index in [2.05, 4.69) is 27.9 Å². The number of ether oxygens (including phenoxy) is 7. The van der Waals surface area contributed by atoms with E-state index < -0.39 is 90.2 Å². The van der Waals surface area contributed by atoms with Crippen molar-refractivity contribution in [2.75, 3.05) is 20.3 Å². The SMILES string of the molecule is CCCCCCCCO[C@@H]([C@@H]1OC(C(=O)OC)=C[C@H](N=C(NC(=O)OC(C)(C)C)NC(=O)OC(C)(C)C)[C@H]1NC(C)=O)[C@@H](COC(C)=O)OC(C)=O. The first-order valence-electron chi connectivity index (χ1n) is 17.4. The molecule has 5 atom stereocenters. The average molecular weight is 743 g/mol. The van der Waals surface area contributed by atoms with E-state index in [-0.39, 0.29) is 12.4 Å². The third-order valence-electron chi connectivity index (χ3n) is 6.85. The Kier molecular flexibility index (Phi) is 19.2. The summed E-state index contributed by atoms with van der Waals surface area (Å²) >= 11 is 0. The summed E-state index contributed by atoms with van der Waals surface area (Å²) in [5.41, 5.74) is -1.87. The zero-order chi connectivity index (χ0) is 39.6. The van der Waals surface area contributed by atoms with Gasteiger partial charge in [-0.2, -0.15) is 0 Å². The lowest BCUT2D eigenvalue weighted by Crippen LogP contribution is -2.61. The number of aliphatic imine (C=N–C) groups is 1. The molecule has 0 aromatic heterocycles. The molecule has 3 amide bonds. The first kappa shape index (κ1) is 45.6. The van der Waals surface area contributed by atoms with E-state index in [9.17, 15) is 28.8 Å². The highest BCUT2D eigenvalue weighted by Crippen LogP contribution is 2.28. The third kappa shape index (κ3) is 18.7. The fraction of sp³-hybridized carbons (Fsp3) is 0.743. The molecule has 1 heterocycles. The van der Waals surface area contributed by atoms with Gasteiger partial charge >= 0.3 is 30.1 Å². The number of rotatable bonds is 16. The Hall–Kier alpha value is -4.41. The van der Waals surface area contributed by atoms with Gasteiger partial charge < -0.3 is 38.5 Å². The molecule has 3 N–H and O–H groups in total. The lowest BCUT2D eigenvalue weighted by molar-refractivity contribution is -0.182. The highest BCUT2D eigenvalue weighted by molar-refractivity contribution is 6.01. The van der Waals surface area contributed by atoms with E-state index in [4.69, 9.17) is 33.2 Å². The molecule has 0 saturated carbocycles. The van der Waals surface area contributed by atoms with Crippen LogP contribution in [-0.4, -0.2) is 104 Å². The van der Waals surface area contributed by atoms with Crippen LogP contribution in [-0.2, 0) is 52.3 Å². The van der Waals surface area contributed by atoms with Crippen molar-refractivity contribution >= 4 is 42.0 Å². The van der Waals surface area contributed by atoms with Crippen molar-refractivity contribution in [2.45, 2.75) is 149 Å². The van der Waals surface area contributed by atoms with Crippen molar-refractivity contribution in [1.82, 2.24) is 16.0 Å². The predicted octanol–water partition coefficient (Wildman–Crippen LogP) is 3.96. The number of unbranched alkanes of at least 4 members (excludes halogenated alkanes) is 5. The molecule has 1 aliphatic rings. The Morgan fingerprint density at radius 1 is 0.846 bits per heavy atom. The standard InChI is InChI=1S/C35H58N4O13/c1-12-13-14-15-16-17-18-47-28(26(49-23(4)42)20-48-22(3)41)29-27(36-21(2)40)24(19-25(50-29)30(43)46-11)37-31(38-32(44)51-34(5,6)7)39-33(45)52-35(8,9)10/h19,24,26-29H,12-18,20H2,1-11H3,(H,36,40)(H2,37,38,39,44,45)/t24-,26+,27+,28+,29+/m0/s1. The summed E-state index contributed by atoms with van der Waals surface area (Å²) in [4.78, 5) is 80.1. The van der Waals surface area contributed by atoms with Crippen LogP contribution in [0.25, 0.3) is 0 Å². The highest BCUT2D eigenvalue weighted by atomic mass is 16.6. The van der Waals surface area contributed by atoms with E-state index >= 15 is 0 Å². The second kappa shape index (κ2) is 21.8. The minimum absolute atomic E-state index is 0.137. The molecular weight excluding hydrogens is 684 g/mol. The summed E-state index contributed by atoms with van der Waals surface area (Å²) in [6, 6.07) is -2.50. The van der Waals surface area contributed by atoms with E-state index in [0.29, 0.717) is 6.42 Å². The molecule has 0 unspecified atom stereocenters. The molecule has 0 aromatic rings. The molecule has 1 rings (SSSR count). The molecular formula is C35H58N4O13. The fourth-order valence-corrected chi connectivity index (χ4v) is 4.89. The molecule has 0 aliphatic carbocycles. The first-order chi connectivity index (χ1) is 24.1. The van der Waals surface area contributed by atoms with Crippen LogP contribution in [0.5, 0.6) is 0 Å². The molecule has 0 fully saturated rings. The monoisotopic (exact) mass is 742 g/mol. The lowest BCUT2D eigenvalue weighted by atomic mass is 9.92. The van der Waals surface area contributed by atoms with Crippen LogP contribution in [0.2, 0.25) is 0 Å². The van der Waals surface area contributed by atoms with Crippen LogP contribution in [0.4, 0.5) is 9.59 Å². The molecule has 52 heavy (non-hydrogen) atoms. The number of hydrogen-bond acceptors (Lipinski definition) is 14. The molecule has 0 radical (unpaired) electrons. The number of alkyl carbamates (subject to hydrolysis) is 2. The smallest absolute Gasteiger partial charge is 0.414 e. The average Bonchev–Trinajstić information content (AvgIpc) is 2.98.